The highest BCUT2D eigenvalue weighted by Gasteiger charge is 2.70. The molecule has 1 spiro atoms. The first-order valence-corrected chi connectivity index (χ1v) is 14.1. The second-order valence-electron chi connectivity index (χ2n) is 10.8. The molecule has 0 aromatic heterocycles. The van der Waals surface area contributed by atoms with Crippen molar-refractivity contribution in [3.8, 4) is 0 Å². The summed E-state index contributed by atoms with van der Waals surface area (Å²) in [5.41, 5.74) is 3.60. The van der Waals surface area contributed by atoms with Gasteiger partial charge in [-0.3, -0.25) is 14.4 Å². The average Bonchev–Trinajstić information content (AvgIpc) is 3.45. The highest BCUT2D eigenvalue weighted by atomic mass is 35.5. The third kappa shape index (κ3) is 3.73. The number of nitrogens with zero attached hydrogens (tertiary/aromatic N) is 1. The van der Waals surface area contributed by atoms with Gasteiger partial charge in [0.05, 0.1) is 12.0 Å². The first-order chi connectivity index (χ1) is 19.8. The van der Waals surface area contributed by atoms with E-state index in [1.807, 2.05) is 60.4 Å². The zero-order valence-electron chi connectivity index (χ0n) is 22.0. The van der Waals surface area contributed by atoms with Crippen LogP contribution in [0.3, 0.4) is 0 Å². The molecule has 4 aromatic carbocycles. The van der Waals surface area contributed by atoms with Gasteiger partial charge in [0.2, 0.25) is 5.91 Å². The van der Waals surface area contributed by atoms with Crippen molar-refractivity contribution in [2.45, 2.75) is 24.4 Å². The average molecular weight is 579 g/mol. The molecule has 3 aliphatic rings. The Morgan fingerprint density at radius 1 is 0.829 bits per heavy atom. The van der Waals surface area contributed by atoms with Crippen LogP contribution in [0.5, 0.6) is 0 Å². The van der Waals surface area contributed by atoms with E-state index in [-0.39, 0.29) is 17.5 Å². The van der Waals surface area contributed by atoms with Crippen LogP contribution in [0.2, 0.25) is 10.0 Å². The number of carbonyl (C=O) groups excluding carboxylic acids is 3. The van der Waals surface area contributed by atoms with Crippen molar-refractivity contribution in [2.75, 3.05) is 10.2 Å². The molecule has 1 amide bonds. The van der Waals surface area contributed by atoms with Crippen molar-refractivity contribution >= 4 is 58.1 Å². The molecule has 41 heavy (non-hydrogen) atoms. The van der Waals surface area contributed by atoms with Crippen LogP contribution in [0.25, 0.3) is 6.08 Å². The van der Waals surface area contributed by atoms with E-state index in [4.69, 9.17) is 23.2 Å². The van der Waals surface area contributed by atoms with Crippen LogP contribution in [-0.2, 0) is 10.2 Å². The van der Waals surface area contributed by atoms with Crippen molar-refractivity contribution in [2.24, 2.45) is 5.92 Å². The summed E-state index contributed by atoms with van der Waals surface area (Å²) in [5, 5.41) is 4.04. The molecular formula is C34H24Cl2N2O3. The van der Waals surface area contributed by atoms with Gasteiger partial charge in [-0.15, -0.1) is 0 Å². The fraction of sp³-hybridized carbons (Fsp3) is 0.147. The standard InChI is InChI=1S/C34H24Cl2N2O3/c1-19-6-16-27-22(18-19)11-17-28-34(25-4-2-3-5-26(25)37-33(34)41)29(31(39)20-7-12-23(35)13-8-20)30(38(27)28)32(40)21-9-14-24(36)15-10-21/h2-18,28-30H,1H3,(H,37,41)/t28-,29+,30-,34-/m0/s1. The molecule has 4 atom stereocenters. The molecule has 0 saturated carbocycles. The number of ketones is 2. The lowest BCUT2D eigenvalue weighted by Crippen LogP contribution is -2.51. The Balaban J connectivity index is 1.53. The number of hydrogen-bond donors (Lipinski definition) is 1. The van der Waals surface area contributed by atoms with E-state index in [9.17, 15) is 14.4 Å². The number of Topliss-reactive ketones (excluding diaryl/α,β-unsaturated/α-hetero) is 2. The fourth-order valence-corrected chi connectivity index (χ4v) is 7.13. The van der Waals surface area contributed by atoms with E-state index < -0.39 is 23.4 Å². The Kier molecular flexibility index (Phi) is 5.93. The van der Waals surface area contributed by atoms with Crippen molar-refractivity contribution in [1.82, 2.24) is 0 Å². The smallest absolute Gasteiger partial charge is 0.238 e. The first-order valence-electron chi connectivity index (χ1n) is 13.4. The molecule has 0 bridgehead atoms. The Morgan fingerprint density at radius 2 is 1.46 bits per heavy atom. The van der Waals surface area contributed by atoms with Gasteiger partial charge in [-0.1, -0.05) is 65.2 Å². The van der Waals surface area contributed by atoms with Gasteiger partial charge in [0.25, 0.3) is 0 Å². The maximum atomic E-state index is 14.7. The molecule has 7 heteroatoms. The highest BCUT2D eigenvalue weighted by Crippen LogP contribution is 2.58. The van der Waals surface area contributed by atoms with Crippen molar-refractivity contribution in [3.63, 3.8) is 0 Å². The third-order valence-electron chi connectivity index (χ3n) is 8.60. The van der Waals surface area contributed by atoms with Crippen LogP contribution < -0.4 is 10.2 Å². The Bertz CT molecular complexity index is 1780. The number of nitrogens with one attached hydrogen (secondary N) is 1. The van der Waals surface area contributed by atoms with Crippen molar-refractivity contribution < 1.29 is 14.4 Å². The minimum atomic E-state index is -1.36. The molecule has 0 aliphatic carbocycles. The number of amides is 1. The largest absolute Gasteiger partial charge is 0.352 e. The zero-order valence-corrected chi connectivity index (χ0v) is 23.5. The summed E-state index contributed by atoms with van der Waals surface area (Å²) in [5.74, 6) is -1.89. The van der Waals surface area contributed by atoms with Gasteiger partial charge in [0, 0.05) is 32.5 Å². The number of benzene rings is 4. The number of aryl methyl sites for hydroxylation is 1. The monoisotopic (exact) mass is 578 g/mol. The Hall–Kier alpha value is -4.19. The second kappa shape index (κ2) is 9.44. The van der Waals surface area contributed by atoms with Gasteiger partial charge in [-0.05, 0) is 84.8 Å². The predicted molar refractivity (Wildman–Crippen MR) is 162 cm³/mol. The van der Waals surface area contributed by atoms with E-state index >= 15 is 0 Å². The number of carbonyl (C=O) groups is 3. The Labute approximate surface area is 247 Å². The molecule has 4 aromatic rings. The molecule has 0 radical (unpaired) electrons. The summed E-state index contributed by atoms with van der Waals surface area (Å²) in [7, 11) is 0. The molecule has 7 rings (SSSR count). The van der Waals surface area contributed by atoms with Crippen molar-refractivity contribution in [1.29, 1.82) is 0 Å². The second-order valence-corrected chi connectivity index (χ2v) is 11.7. The van der Waals surface area contributed by atoms with E-state index in [0.717, 1.165) is 16.8 Å². The molecule has 1 N–H and O–H groups in total. The number of para-hydroxylation sites is 1. The lowest BCUT2D eigenvalue weighted by molar-refractivity contribution is -0.121. The molecule has 3 aliphatic heterocycles. The minimum absolute atomic E-state index is 0.255. The van der Waals surface area contributed by atoms with Gasteiger partial charge < -0.3 is 10.2 Å². The first kappa shape index (κ1) is 25.8. The van der Waals surface area contributed by atoms with Crippen molar-refractivity contribution in [3.05, 3.63) is 135 Å². The van der Waals surface area contributed by atoms with Crippen LogP contribution in [0.15, 0.2) is 97.1 Å². The molecule has 1 fully saturated rings. The van der Waals surface area contributed by atoms with Crippen LogP contribution in [0.4, 0.5) is 11.4 Å². The van der Waals surface area contributed by atoms with Crippen LogP contribution in [-0.4, -0.2) is 29.6 Å². The summed E-state index contributed by atoms with van der Waals surface area (Å²) in [6.07, 6.45) is 3.97. The predicted octanol–water partition coefficient (Wildman–Crippen LogP) is 7.16. The SMILES string of the molecule is Cc1ccc2c(c1)C=C[C@@H]1N2[C@H](C(=O)c2ccc(Cl)cc2)[C@H](C(=O)c2ccc(Cl)cc2)[C@@]12C(=O)Nc1ccccc12. The molecule has 3 heterocycles. The molecule has 202 valence electrons. The van der Waals surface area contributed by atoms with Gasteiger partial charge in [-0.2, -0.15) is 0 Å². The third-order valence-corrected chi connectivity index (χ3v) is 9.10. The minimum Gasteiger partial charge on any atom is -0.352 e. The zero-order chi connectivity index (χ0) is 28.5. The van der Waals surface area contributed by atoms with Gasteiger partial charge in [0.15, 0.2) is 11.6 Å². The van der Waals surface area contributed by atoms with Gasteiger partial charge in [-0.25, -0.2) is 0 Å². The molecule has 1 saturated heterocycles. The van der Waals surface area contributed by atoms with E-state index in [0.29, 0.717) is 32.4 Å². The normalized spacial score (nSPS) is 23.6. The number of hydrogen-bond acceptors (Lipinski definition) is 4. The topological polar surface area (TPSA) is 66.5 Å². The van der Waals surface area contributed by atoms with E-state index in [1.54, 1.807) is 48.5 Å². The maximum absolute atomic E-state index is 14.7. The van der Waals surface area contributed by atoms with E-state index in [2.05, 4.69) is 11.4 Å². The molecular weight excluding hydrogens is 555 g/mol. The fourth-order valence-electron chi connectivity index (χ4n) is 6.88. The maximum Gasteiger partial charge on any atom is 0.238 e. The highest BCUT2D eigenvalue weighted by molar-refractivity contribution is 6.31. The van der Waals surface area contributed by atoms with Gasteiger partial charge in [0.1, 0.15) is 11.5 Å². The van der Waals surface area contributed by atoms with Crippen LogP contribution in [0.1, 0.15) is 37.4 Å². The summed E-state index contributed by atoms with van der Waals surface area (Å²) in [6, 6.07) is 25.2. The summed E-state index contributed by atoms with van der Waals surface area (Å²) in [6.45, 7) is 2.01. The van der Waals surface area contributed by atoms with Crippen LogP contribution in [0, 0.1) is 12.8 Å². The number of rotatable bonds is 4. The number of anilines is 2. The van der Waals surface area contributed by atoms with E-state index in [1.165, 1.54) is 0 Å². The summed E-state index contributed by atoms with van der Waals surface area (Å²) >= 11 is 12.3. The van der Waals surface area contributed by atoms with Crippen LogP contribution >= 0.6 is 23.2 Å². The summed E-state index contributed by atoms with van der Waals surface area (Å²) < 4.78 is 0. The number of halogens is 2. The van der Waals surface area contributed by atoms with Gasteiger partial charge >= 0.3 is 0 Å². The Morgan fingerprint density at radius 3 is 2.15 bits per heavy atom. The molecule has 5 nitrogen and oxygen atoms in total. The lowest BCUT2D eigenvalue weighted by Gasteiger charge is -2.37. The lowest BCUT2D eigenvalue weighted by atomic mass is 9.64. The molecule has 0 unspecified atom stereocenters. The quantitative estimate of drug-likeness (QED) is 0.261. The number of fused-ring (bicyclic) bond motifs is 6. The summed E-state index contributed by atoms with van der Waals surface area (Å²) in [4.78, 5) is 45.7.